The van der Waals surface area contributed by atoms with E-state index >= 15 is 0 Å². The van der Waals surface area contributed by atoms with Crippen LogP contribution in [0.4, 0.5) is 0 Å². The zero-order valence-corrected chi connectivity index (χ0v) is 7.84. The molecule has 12 heavy (non-hydrogen) atoms. The molecule has 0 aliphatic rings. The third-order valence-electron chi connectivity index (χ3n) is 1.80. The van der Waals surface area contributed by atoms with Gasteiger partial charge in [-0.15, -0.1) is 0 Å². The van der Waals surface area contributed by atoms with Gasteiger partial charge in [0.15, 0.2) is 5.15 Å². The molecule has 1 unspecified atom stereocenters. The molecule has 0 saturated heterocycles. The summed E-state index contributed by atoms with van der Waals surface area (Å²) < 4.78 is 1.66. The summed E-state index contributed by atoms with van der Waals surface area (Å²) in [6.45, 7) is 1.72. The van der Waals surface area contributed by atoms with E-state index in [4.69, 9.17) is 17.3 Å². The van der Waals surface area contributed by atoms with Crippen molar-refractivity contribution < 1.29 is 5.11 Å². The van der Waals surface area contributed by atoms with Crippen molar-refractivity contribution in [2.24, 2.45) is 12.8 Å². The smallest absolute Gasteiger partial charge is 0.153 e. The van der Waals surface area contributed by atoms with Crippen LogP contribution in [0.3, 0.4) is 0 Å². The number of nitrogens with zero attached hydrogens (tertiary/aromatic N) is 2. The molecule has 0 fully saturated rings. The first-order chi connectivity index (χ1) is 5.49. The zero-order chi connectivity index (χ0) is 9.35. The number of aliphatic hydroxyl groups is 1. The molecular weight excluding hydrogens is 178 g/mol. The molecule has 68 valence electrons. The molecule has 1 atom stereocenters. The highest BCUT2D eigenvalue weighted by atomic mass is 35.5. The fraction of sp³-hybridized carbons (Fsp3) is 0.571. The molecule has 1 aromatic heterocycles. The fourth-order valence-electron chi connectivity index (χ4n) is 1.10. The Morgan fingerprint density at radius 3 is 2.75 bits per heavy atom. The van der Waals surface area contributed by atoms with Crippen molar-refractivity contribution in [3.63, 3.8) is 0 Å². The molecule has 0 bridgehead atoms. The predicted molar refractivity (Wildman–Crippen MR) is 46.8 cm³/mol. The molecule has 3 N–H and O–H groups in total. The van der Waals surface area contributed by atoms with Gasteiger partial charge in [-0.1, -0.05) is 11.6 Å². The Morgan fingerprint density at radius 2 is 2.42 bits per heavy atom. The van der Waals surface area contributed by atoms with Crippen LogP contribution in [0.5, 0.6) is 0 Å². The third kappa shape index (κ3) is 1.46. The standard InChI is InChI=1S/C7H12ClN3O/c1-7(12,3-9)5-6(8)10-4-11(5)2/h4,12H,3,9H2,1-2H3. The minimum absolute atomic E-state index is 0.117. The molecule has 0 saturated carbocycles. The van der Waals surface area contributed by atoms with Crippen LogP contribution in [0.25, 0.3) is 0 Å². The first-order valence-corrected chi connectivity index (χ1v) is 3.96. The number of aromatic nitrogens is 2. The van der Waals surface area contributed by atoms with Gasteiger partial charge in [0.05, 0.1) is 12.0 Å². The Morgan fingerprint density at radius 1 is 1.83 bits per heavy atom. The second-order valence-corrected chi connectivity index (χ2v) is 3.33. The number of aryl methyl sites for hydroxylation is 1. The van der Waals surface area contributed by atoms with E-state index < -0.39 is 5.60 Å². The molecule has 0 radical (unpaired) electrons. The van der Waals surface area contributed by atoms with Crippen molar-refractivity contribution in [3.05, 3.63) is 17.2 Å². The maximum absolute atomic E-state index is 9.77. The van der Waals surface area contributed by atoms with Gasteiger partial charge >= 0.3 is 0 Å². The number of rotatable bonds is 2. The zero-order valence-electron chi connectivity index (χ0n) is 7.08. The van der Waals surface area contributed by atoms with Crippen LogP contribution in [-0.4, -0.2) is 21.2 Å². The Kier molecular flexibility index (Phi) is 2.41. The molecule has 4 nitrogen and oxygen atoms in total. The van der Waals surface area contributed by atoms with Crippen LogP contribution in [0.1, 0.15) is 12.6 Å². The summed E-state index contributed by atoms with van der Waals surface area (Å²) in [5.41, 5.74) is 4.82. The minimum Gasteiger partial charge on any atom is -0.382 e. The molecular formula is C7H12ClN3O. The van der Waals surface area contributed by atoms with Crippen molar-refractivity contribution in [1.82, 2.24) is 9.55 Å². The summed E-state index contributed by atoms with van der Waals surface area (Å²) in [7, 11) is 1.76. The van der Waals surface area contributed by atoms with E-state index in [1.165, 1.54) is 0 Å². The second kappa shape index (κ2) is 3.05. The van der Waals surface area contributed by atoms with E-state index in [2.05, 4.69) is 4.98 Å². The number of imidazole rings is 1. The van der Waals surface area contributed by atoms with E-state index in [-0.39, 0.29) is 6.54 Å². The SMILES string of the molecule is Cn1cnc(Cl)c1C(C)(O)CN. The van der Waals surface area contributed by atoms with Crippen LogP contribution >= 0.6 is 11.6 Å². The molecule has 0 aromatic carbocycles. The quantitative estimate of drug-likeness (QED) is 0.701. The van der Waals surface area contributed by atoms with E-state index in [0.29, 0.717) is 10.8 Å². The lowest BCUT2D eigenvalue weighted by molar-refractivity contribution is 0.0593. The van der Waals surface area contributed by atoms with Crippen LogP contribution in [0.15, 0.2) is 6.33 Å². The largest absolute Gasteiger partial charge is 0.382 e. The van der Waals surface area contributed by atoms with Gasteiger partial charge in [0.2, 0.25) is 0 Å². The average Bonchev–Trinajstić information content (AvgIpc) is 2.31. The topological polar surface area (TPSA) is 64.1 Å². The summed E-state index contributed by atoms with van der Waals surface area (Å²) in [6.07, 6.45) is 1.54. The normalized spacial score (nSPS) is 16.1. The van der Waals surface area contributed by atoms with Crippen molar-refractivity contribution >= 4 is 11.6 Å². The summed E-state index contributed by atoms with van der Waals surface area (Å²) in [5, 5.41) is 10.1. The predicted octanol–water partition coefficient (Wildman–Crippen LogP) is 0.240. The Labute approximate surface area is 76.0 Å². The molecule has 0 aliphatic carbocycles. The van der Waals surface area contributed by atoms with Gasteiger partial charge in [0.1, 0.15) is 5.60 Å². The van der Waals surface area contributed by atoms with Crippen molar-refractivity contribution in [3.8, 4) is 0 Å². The fourth-order valence-corrected chi connectivity index (χ4v) is 1.48. The van der Waals surface area contributed by atoms with Crippen molar-refractivity contribution in [2.45, 2.75) is 12.5 Å². The summed E-state index contributed by atoms with van der Waals surface area (Å²) in [6, 6.07) is 0. The van der Waals surface area contributed by atoms with Gasteiger partial charge in [0, 0.05) is 13.6 Å². The average molecular weight is 190 g/mol. The molecule has 1 rings (SSSR count). The van der Waals surface area contributed by atoms with Gasteiger partial charge in [-0.05, 0) is 6.92 Å². The van der Waals surface area contributed by atoms with E-state index in [1.807, 2.05) is 0 Å². The highest BCUT2D eigenvalue weighted by molar-refractivity contribution is 6.30. The van der Waals surface area contributed by atoms with Crippen LogP contribution in [0.2, 0.25) is 5.15 Å². The maximum Gasteiger partial charge on any atom is 0.153 e. The minimum atomic E-state index is -1.11. The van der Waals surface area contributed by atoms with Crippen LogP contribution < -0.4 is 5.73 Å². The Hall–Kier alpha value is -0.580. The lowest BCUT2D eigenvalue weighted by atomic mass is 10.0. The molecule has 1 heterocycles. The van der Waals surface area contributed by atoms with Gasteiger partial charge in [0.25, 0.3) is 0 Å². The molecule has 5 heteroatoms. The second-order valence-electron chi connectivity index (χ2n) is 2.97. The van der Waals surface area contributed by atoms with Gasteiger partial charge in [-0.25, -0.2) is 4.98 Å². The first-order valence-electron chi connectivity index (χ1n) is 3.59. The summed E-state index contributed by atoms with van der Waals surface area (Å²) in [4.78, 5) is 3.84. The number of hydrogen-bond donors (Lipinski definition) is 2. The lowest BCUT2D eigenvalue weighted by Gasteiger charge is -2.21. The number of nitrogens with two attached hydrogens (primary N) is 1. The van der Waals surface area contributed by atoms with Gasteiger partial charge in [-0.2, -0.15) is 0 Å². The van der Waals surface area contributed by atoms with E-state index in [1.54, 1.807) is 24.9 Å². The van der Waals surface area contributed by atoms with Crippen LogP contribution in [0, 0.1) is 0 Å². The monoisotopic (exact) mass is 189 g/mol. The van der Waals surface area contributed by atoms with Crippen LogP contribution in [-0.2, 0) is 12.6 Å². The molecule has 0 aliphatic heterocycles. The number of hydrogen-bond acceptors (Lipinski definition) is 3. The van der Waals surface area contributed by atoms with Gasteiger partial charge < -0.3 is 15.4 Å². The number of halogens is 1. The third-order valence-corrected chi connectivity index (χ3v) is 2.08. The van der Waals surface area contributed by atoms with Crippen molar-refractivity contribution in [2.75, 3.05) is 6.54 Å². The lowest BCUT2D eigenvalue weighted by Crippen LogP contribution is -2.33. The Bertz CT molecular complexity index is 263. The molecule has 0 spiro atoms. The highest BCUT2D eigenvalue weighted by Gasteiger charge is 2.27. The van der Waals surface area contributed by atoms with E-state index in [0.717, 1.165) is 0 Å². The van der Waals surface area contributed by atoms with Gasteiger partial charge in [-0.3, -0.25) is 0 Å². The van der Waals surface area contributed by atoms with E-state index in [9.17, 15) is 5.11 Å². The highest BCUT2D eigenvalue weighted by Crippen LogP contribution is 2.25. The van der Waals surface area contributed by atoms with Crippen molar-refractivity contribution in [1.29, 1.82) is 0 Å². The Balaban J connectivity index is 3.17. The maximum atomic E-state index is 9.77. The molecule has 0 amide bonds. The summed E-state index contributed by atoms with van der Waals surface area (Å²) >= 11 is 5.76. The molecule has 1 aromatic rings. The summed E-state index contributed by atoms with van der Waals surface area (Å²) in [5.74, 6) is 0. The first kappa shape index (κ1) is 9.51.